The molecule has 2 aromatic heterocycles. The van der Waals surface area contributed by atoms with Gasteiger partial charge in [-0.25, -0.2) is 0 Å². The van der Waals surface area contributed by atoms with E-state index in [0.29, 0.717) is 30.3 Å². The zero-order chi connectivity index (χ0) is 17.1. The summed E-state index contributed by atoms with van der Waals surface area (Å²) in [4.78, 5) is 12.8. The molecule has 0 aliphatic carbocycles. The first-order valence-electron chi connectivity index (χ1n) is 7.98. The van der Waals surface area contributed by atoms with Gasteiger partial charge >= 0.3 is 0 Å². The van der Waals surface area contributed by atoms with Crippen LogP contribution in [0.4, 0.5) is 5.13 Å². The Balaban J connectivity index is 1.54. The van der Waals surface area contributed by atoms with E-state index < -0.39 is 5.60 Å². The van der Waals surface area contributed by atoms with Crippen LogP contribution in [0.3, 0.4) is 0 Å². The number of aromatic nitrogens is 3. The van der Waals surface area contributed by atoms with Gasteiger partial charge < -0.3 is 9.26 Å². The van der Waals surface area contributed by atoms with Gasteiger partial charge in [-0.1, -0.05) is 46.8 Å². The van der Waals surface area contributed by atoms with Crippen LogP contribution in [0.5, 0.6) is 0 Å². The molecule has 0 saturated carbocycles. The maximum absolute atomic E-state index is 12.8. The van der Waals surface area contributed by atoms with Crippen LogP contribution in [-0.2, 0) is 16.0 Å². The van der Waals surface area contributed by atoms with Crippen LogP contribution in [0.2, 0.25) is 0 Å². The van der Waals surface area contributed by atoms with Crippen molar-refractivity contribution in [1.82, 2.24) is 15.4 Å². The van der Waals surface area contributed by atoms with E-state index >= 15 is 0 Å². The molecule has 1 aliphatic rings. The van der Waals surface area contributed by atoms with Gasteiger partial charge in [0.1, 0.15) is 17.0 Å². The molecule has 1 unspecified atom stereocenters. The third kappa shape index (κ3) is 3.31. The highest BCUT2D eigenvalue weighted by atomic mass is 32.1. The van der Waals surface area contributed by atoms with Crippen molar-refractivity contribution in [2.24, 2.45) is 0 Å². The minimum Gasteiger partial charge on any atom is -0.365 e. The normalized spacial score (nSPS) is 19.8. The molecule has 0 bridgehead atoms. The Kier molecular flexibility index (Phi) is 4.29. The average Bonchev–Trinajstić information content (AvgIpc) is 3.38. The SMILES string of the molecule is O=C(Nc1nncs1)C1(Cc2cc(-c3ccccc3)no2)CCCO1. The van der Waals surface area contributed by atoms with Crippen molar-refractivity contribution < 1.29 is 14.1 Å². The lowest BCUT2D eigenvalue weighted by Gasteiger charge is -2.25. The molecule has 128 valence electrons. The summed E-state index contributed by atoms with van der Waals surface area (Å²) in [5.41, 5.74) is 2.32. The molecule has 3 aromatic rings. The number of hydrogen-bond acceptors (Lipinski definition) is 7. The lowest BCUT2D eigenvalue weighted by Crippen LogP contribution is -2.44. The van der Waals surface area contributed by atoms with E-state index in [9.17, 15) is 4.79 Å². The summed E-state index contributed by atoms with van der Waals surface area (Å²) >= 11 is 1.27. The van der Waals surface area contributed by atoms with E-state index in [-0.39, 0.29) is 5.91 Å². The van der Waals surface area contributed by atoms with Crippen molar-refractivity contribution in [3.63, 3.8) is 0 Å². The van der Waals surface area contributed by atoms with Crippen molar-refractivity contribution in [1.29, 1.82) is 0 Å². The molecule has 3 heterocycles. The minimum absolute atomic E-state index is 0.223. The van der Waals surface area contributed by atoms with Crippen LogP contribution in [0, 0.1) is 0 Å². The molecule has 0 spiro atoms. The van der Waals surface area contributed by atoms with Crippen molar-refractivity contribution in [2.75, 3.05) is 11.9 Å². The second-order valence-electron chi connectivity index (χ2n) is 5.87. The molecule has 8 heteroatoms. The number of anilines is 1. The van der Waals surface area contributed by atoms with E-state index in [1.54, 1.807) is 5.51 Å². The fraction of sp³-hybridized carbons (Fsp3) is 0.294. The van der Waals surface area contributed by atoms with Crippen molar-refractivity contribution in [2.45, 2.75) is 24.9 Å². The Bertz CT molecular complexity index is 842. The molecule has 1 aliphatic heterocycles. The van der Waals surface area contributed by atoms with Gasteiger partial charge in [-0.2, -0.15) is 0 Å². The fourth-order valence-corrected chi connectivity index (χ4v) is 3.40. The maximum atomic E-state index is 12.8. The zero-order valence-corrected chi connectivity index (χ0v) is 14.2. The van der Waals surface area contributed by atoms with Crippen LogP contribution in [-0.4, -0.2) is 33.5 Å². The Morgan fingerprint density at radius 3 is 2.92 bits per heavy atom. The predicted octanol–water partition coefficient (Wildman–Crippen LogP) is 2.92. The van der Waals surface area contributed by atoms with Gasteiger partial charge in [0, 0.05) is 24.7 Å². The highest BCUT2D eigenvalue weighted by Gasteiger charge is 2.44. The molecule has 1 N–H and O–H groups in total. The van der Waals surface area contributed by atoms with Gasteiger partial charge in [0.2, 0.25) is 5.13 Å². The molecule has 0 radical (unpaired) electrons. The number of ether oxygens (including phenoxy) is 1. The molecule has 1 atom stereocenters. The van der Waals surface area contributed by atoms with Gasteiger partial charge in [0.25, 0.3) is 5.91 Å². The standard InChI is InChI=1S/C17H16N4O3S/c22-15(19-16-20-18-11-25-16)17(7-4-8-23-17)10-13-9-14(21-24-13)12-5-2-1-3-6-12/h1-3,5-6,9,11H,4,7-8,10H2,(H,19,20,22). The monoisotopic (exact) mass is 356 g/mol. The van der Waals surface area contributed by atoms with E-state index in [1.807, 2.05) is 36.4 Å². The van der Waals surface area contributed by atoms with Gasteiger partial charge in [0.05, 0.1) is 0 Å². The predicted molar refractivity (Wildman–Crippen MR) is 92.1 cm³/mol. The van der Waals surface area contributed by atoms with Gasteiger partial charge in [-0.05, 0) is 12.8 Å². The lowest BCUT2D eigenvalue weighted by molar-refractivity contribution is -0.136. The number of carbonyl (C=O) groups excluding carboxylic acids is 1. The number of nitrogens with zero attached hydrogens (tertiary/aromatic N) is 3. The summed E-state index contributed by atoms with van der Waals surface area (Å²) in [7, 11) is 0. The minimum atomic E-state index is -0.959. The van der Waals surface area contributed by atoms with Crippen molar-refractivity contribution in [3.8, 4) is 11.3 Å². The number of hydrogen-bond donors (Lipinski definition) is 1. The van der Waals surface area contributed by atoms with Crippen LogP contribution >= 0.6 is 11.3 Å². The number of amides is 1. The van der Waals surface area contributed by atoms with Crippen LogP contribution in [0.15, 0.2) is 46.4 Å². The van der Waals surface area contributed by atoms with E-state index in [4.69, 9.17) is 9.26 Å². The molecule has 1 aromatic carbocycles. The third-order valence-electron chi connectivity index (χ3n) is 4.19. The number of carbonyl (C=O) groups is 1. The third-order valence-corrected chi connectivity index (χ3v) is 4.79. The molecule has 1 amide bonds. The fourth-order valence-electron chi connectivity index (χ4n) is 2.96. The molecule has 1 fully saturated rings. The Labute approximate surface area is 148 Å². The van der Waals surface area contributed by atoms with E-state index in [1.165, 1.54) is 11.3 Å². The van der Waals surface area contributed by atoms with E-state index in [0.717, 1.165) is 17.7 Å². The molecular weight excluding hydrogens is 340 g/mol. The Hall–Kier alpha value is -2.58. The molecule has 1 saturated heterocycles. The van der Waals surface area contributed by atoms with Gasteiger partial charge in [-0.3, -0.25) is 10.1 Å². The van der Waals surface area contributed by atoms with Gasteiger partial charge in [0.15, 0.2) is 5.60 Å². The first kappa shape index (κ1) is 15.9. The van der Waals surface area contributed by atoms with Crippen LogP contribution in [0.1, 0.15) is 18.6 Å². The highest BCUT2D eigenvalue weighted by molar-refractivity contribution is 7.13. The van der Waals surface area contributed by atoms with Crippen LogP contribution in [0.25, 0.3) is 11.3 Å². The quantitative estimate of drug-likeness (QED) is 0.756. The topological polar surface area (TPSA) is 90.1 Å². The number of rotatable bonds is 5. The summed E-state index contributed by atoms with van der Waals surface area (Å²) in [6.07, 6.45) is 1.78. The maximum Gasteiger partial charge on any atom is 0.258 e. The summed E-state index contributed by atoms with van der Waals surface area (Å²) in [5, 5.41) is 14.9. The second kappa shape index (κ2) is 6.73. The summed E-state index contributed by atoms with van der Waals surface area (Å²) in [5.74, 6) is 0.396. The highest BCUT2D eigenvalue weighted by Crippen LogP contribution is 2.32. The number of nitrogens with one attached hydrogen (secondary N) is 1. The average molecular weight is 356 g/mol. The molecule has 7 nitrogen and oxygen atoms in total. The van der Waals surface area contributed by atoms with Gasteiger partial charge in [-0.15, -0.1) is 10.2 Å². The zero-order valence-electron chi connectivity index (χ0n) is 13.3. The second-order valence-corrected chi connectivity index (χ2v) is 6.70. The lowest BCUT2D eigenvalue weighted by atomic mass is 9.93. The molecule has 4 rings (SSSR count). The van der Waals surface area contributed by atoms with Crippen LogP contribution < -0.4 is 5.32 Å². The Morgan fingerprint density at radius 2 is 2.20 bits per heavy atom. The van der Waals surface area contributed by atoms with E-state index in [2.05, 4.69) is 20.7 Å². The molecular formula is C17H16N4O3S. The van der Waals surface area contributed by atoms with Crippen molar-refractivity contribution in [3.05, 3.63) is 47.7 Å². The van der Waals surface area contributed by atoms with Crippen molar-refractivity contribution >= 4 is 22.4 Å². The summed E-state index contributed by atoms with van der Waals surface area (Å²) < 4.78 is 11.3. The largest absolute Gasteiger partial charge is 0.365 e. The first-order chi connectivity index (χ1) is 12.3. The Morgan fingerprint density at radius 1 is 1.32 bits per heavy atom. The first-order valence-corrected chi connectivity index (χ1v) is 8.86. The summed E-state index contributed by atoms with van der Waals surface area (Å²) in [6.45, 7) is 0.545. The summed E-state index contributed by atoms with van der Waals surface area (Å²) in [6, 6.07) is 11.6. The number of benzene rings is 1. The smallest absolute Gasteiger partial charge is 0.258 e. The molecule has 25 heavy (non-hydrogen) atoms.